The van der Waals surface area contributed by atoms with E-state index in [1.165, 1.54) is 22.8 Å². The highest BCUT2D eigenvalue weighted by molar-refractivity contribution is 6.21. The molecule has 42 heavy (non-hydrogen) atoms. The summed E-state index contributed by atoms with van der Waals surface area (Å²) < 4.78 is 40.5. The summed E-state index contributed by atoms with van der Waals surface area (Å²) in [6.07, 6.45) is 5.23. The van der Waals surface area contributed by atoms with Gasteiger partial charge in [0.05, 0.1) is 16.3 Å². The zero-order chi connectivity index (χ0) is 29.0. The van der Waals surface area contributed by atoms with Gasteiger partial charge in [-0.1, -0.05) is 60.7 Å². The molecule has 4 nitrogen and oxygen atoms in total. The summed E-state index contributed by atoms with van der Waals surface area (Å²) in [5.41, 5.74) is 3.92. The van der Waals surface area contributed by atoms with Crippen molar-refractivity contribution in [1.82, 2.24) is 0 Å². The Kier molecular flexibility index (Phi) is 5.78. The summed E-state index contributed by atoms with van der Waals surface area (Å²) in [6.45, 7) is 0. The molecule has 6 aromatic carbocycles. The number of allylic oxidation sites excluding steroid dienone is 4. The van der Waals surface area contributed by atoms with Crippen LogP contribution in [0.2, 0.25) is 0 Å². The third-order valence-electron chi connectivity index (χ3n) is 8.11. The molecule has 0 radical (unpaired) electrons. The van der Waals surface area contributed by atoms with Crippen molar-refractivity contribution in [2.75, 3.05) is 0 Å². The number of hydrogen-bond donors (Lipinski definition) is 0. The third-order valence-corrected chi connectivity index (χ3v) is 8.11. The number of alkyl halides is 3. The molecule has 0 N–H and O–H groups in total. The maximum Gasteiger partial charge on any atom is 0.416 e. The Labute approximate surface area is 237 Å². The second kappa shape index (κ2) is 9.54. The van der Waals surface area contributed by atoms with Crippen LogP contribution in [0.5, 0.6) is 0 Å². The van der Waals surface area contributed by atoms with Crippen molar-refractivity contribution in [2.24, 2.45) is 9.98 Å². The van der Waals surface area contributed by atoms with Crippen LogP contribution in [0.25, 0.3) is 54.2 Å². The van der Waals surface area contributed by atoms with E-state index in [0.717, 1.165) is 52.1 Å². The lowest BCUT2D eigenvalue weighted by Gasteiger charge is -2.15. The van der Waals surface area contributed by atoms with Gasteiger partial charge >= 0.3 is 6.18 Å². The lowest BCUT2D eigenvalue weighted by molar-refractivity contribution is -0.137. The molecule has 1 aliphatic rings. The zero-order valence-electron chi connectivity index (χ0n) is 22.0. The highest BCUT2D eigenvalue weighted by atomic mass is 19.4. The van der Waals surface area contributed by atoms with Crippen LogP contribution in [0, 0.1) is 22.9 Å². The second-order valence-electron chi connectivity index (χ2n) is 10.3. The highest BCUT2D eigenvalue weighted by Gasteiger charge is 2.31. The summed E-state index contributed by atoms with van der Waals surface area (Å²) in [5, 5.41) is 24.9. The van der Waals surface area contributed by atoms with Crippen molar-refractivity contribution in [3.8, 4) is 12.4 Å². The van der Waals surface area contributed by atoms with E-state index in [1.54, 1.807) is 6.19 Å². The summed E-state index contributed by atoms with van der Waals surface area (Å²) in [4.78, 5) is 8.12. The normalized spacial score (nSPS) is 14.9. The Hall–Kier alpha value is -5.53. The van der Waals surface area contributed by atoms with Gasteiger partial charge in [0.25, 0.3) is 0 Å². The summed E-state index contributed by atoms with van der Waals surface area (Å²) in [7, 11) is 0. The molecule has 0 atom stereocenters. The Morgan fingerprint density at radius 1 is 0.548 bits per heavy atom. The Morgan fingerprint density at radius 2 is 1.07 bits per heavy atom. The number of hydrogen-bond acceptors (Lipinski definition) is 4. The first-order valence-corrected chi connectivity index (χ1v) is 13.3. The molecule has 0 amide bonds. The molecule has 0 fully saturated rings. The SMILES string of the molecule is N#CN=c1c2cc(C3=CC=C(c4ccccc4)CC3)ccc2c2cc3c(=NC#N)c4cc(C(F)(F)F)ccc4c3cc12. The van der Waals surface area contributed by atoms with Crippen molar-refractivity contribution < 1.29 is 13.2 Å². The number of benzene rings is 4. The van der Waals surface area contributed by atoms with E-state index >= 15 is 0 Å². The fourth-order valence-corrected chi connectivity index (χ4v) is 6.16. The molecule has 0 unspecified atom stereocenters. The van der Waals surface area contributed by atoms with Crippen LogP contribution in [0.3, 0.4) is 0 Å². The van der Waals surface area contributed by atoms with Crippen LogP contribution in [0.15, 0.2) is 101 Å². The van der Waals surface area contributed by atoms with Gasteiger partial charge in [-0.05, 0) is 87.0 Å². The van der Waals surface area contributed by atoms with Gasteiger partial charge in [-0.3, -0.25) is 0 Å². The lowest BCUT2D eigenvalue weighted by atomic mass is 9.89. The molecular weight excluding hydrogens is 533 g/mol. The number of nitriles is 2. The fraction of sp³-hybridized carbons (Fsp3) is 0.0857. The predicted molar refractivity (Wildman–Crippen MR) is 158 cm³/mol. The molecular formula is C35H19F3N4. The van der Waals surface area contributed by atoms with E-state index in [9.17, 15) is 23.7 Å². The summed E-state index contributed by atoms with van der Waals surface area (Å²) in [6, 6.07) is 23.6. The lowest BCUT2D eigenvalue weighted by Crippen LogP contribution is -2.06. The van der Waals surface area contributed by atoms with Gasteiger partial charge < -0.3 is 0 Å². The topological polar surface area (TPSA) is 72.3 Å². The molecule has 6 aromatic rings. The minimum absolute atomic E-state index is 0.202. The molecule has 0 saturated heterocycles. The minimum atomic E-state index is -4.53. The first kappa shape index (κ1) is 25.4. The van der Waals surface area contributed by atoms with E-state index in [0.29, 0.717) is 21.5 Å². The third kappa shape index (κ3) is 3.98. The van der Waals surface area contributed by atoms with Crippen LogP contribution in [0.4, 0.5) is 13.2 Å². The van der Waals surface area contributed by atoms with E-state index < -0.39 is 11.7 Å². The maximum absolute atomic E-state index is 13.5. The average molecular weight is 553 g/mol. The molecule has 0 aliphatic heterocycles. The monoisotopic (exact) mass is 552 g/mol. The Bertz CT molecular complexity index is 2350. The van der Waals surface area contributed by atoms with E-state index in [-0.39, 0.29) is 10.7 Å². The Balaban J connectivity index is 1.46. The maximum atomic E-state index is 13.5. The average Bonchev–Trinajstić information content (AvgIpc) is 3.47. The van der Waals surface area contributed by atoms with Gasteiger partial charge in [-0.2, -0.15) is 33.7 Å². The molecule has 0 aromatic heterocycles. The standard InChI is InChI=1S/C35H19F3N4/c36-35(37,38)24-11-13-26-28-17-31-27(16-32(28)34(42-19-40)30(26)15-24)25-12-10-23(14-29(25)33(31)41-18-39)22-8-6-21(7-9-22)20-4-2-1-3-5-20/h1-6,8,10-17H,7,9H2. The largest absolute Gasteiger partial charge is 0.416 e. The van der Waals surface area contributed by atoms with Crippen LogP contribution in [-0.2, 0) is 6.18 Å². The van der Waals surface area contributed by atoms with Gasteiger partial charge in [-0.15, -0.1) is 0 Å². The van der Waals surface area contributed by atoms with Gasteiger partial charge in [0, 0.05) is 21.5 Å². The van der Waals surface area contributed by atoms with Gasteiger partial charge in [0.15, 0.2) is 0 Å². The Morgan fingerprint density at radius 3 is 1.62 bits per heavy atom. The number of rotatable bonds is 2. The van der Waals surface area contributed by atoms with Crippen LogP contribution < -0.4 is 10.7 Å². The fourth-order valence-electron chi connectivity index (χ4n) is 6.16. The molecule has 0 saturated carbocycles. The summed E-state index contributed by atoms with van der Waals surface area (Å²) >= 11 is 0. The van der Waals surface area contributed by atoms with Crippen molar-refractivity contribution in [3.63, 3.8) is 0 Å². The second-order valence-corrected chi connectivity index (χ2v) is 10.3. The van der Waals surface area contributed by atoms with Gasteiger partial charge in [0.1, 0.15) is 0 Å². The molecule has 1 aliphatic carbocycles. The van der Waals surface area contributed by atoms with Crippen LogP contribution in [0.1, 0.15) is 29.5 Å². The van der Waals surface area contributed by atoms with Gasteiger partial charge in [-0.25, -0.2) is 0 Å². The highest BCUT2D eigenvalue weighted by Crippen LogP contribution is 2.37. The van der Waals surface area contributed by atoms with Crippen LogP contribution >= 0.6 is 0 Å². The van der Waals surface area contributed by atoms with Crippen molar-refractivity contribution in [1.29, 1.82) is 10.5 Å². The number of nitrogens with zero attached hydrogens (tertiary/aromatic N) is 4. The van der Waals surface area contributed by atoms with Gasteiger partial charge in [0.2, 0.25) is 12.4 Å². The molecule has 0 spiro atoms. The van der Waals surface area contributed by atoms with Crippen molar-refractivity contribution >= 4 is 54.2 Å². The zero-order valence-corrected chi connectivity index (χ0v) is 22.0. The molecule has 200 valence electrons. The number of fused-ring (bicyclic) bond motifs is 6. The van der Waals surface area contributed by atoms with E-state index in [2.05, 4.69) is 40.3 Å². The molecule has 0 bridgehead atoms. The molecule has 7 rings (SSSR count). The summed E-state index contributed by atoms with van der Waals surface area (Å²) in [5.74, 6) is 0. The van der Waals surface area contributed by atoms with E-state index in [4.69, 9.17) is 0 Å². The quantitative estimate of drug-likeness (QED) is 0.203. The first-order chi connectivity index (χ1) is 20.4. The number of halogens is 3. The van der Waals surface area contributed by atoms with Crippen molar-refractivity contribution in [3.05, 3.63) is 118 Å². The van der Waals surface area contributed by atoms with Crippen molar-refractivity contribution in [2.45, 2.75) is 19.0 Å². The minimum Gasteiger partial charge on any atom is -0.172 e. The van der Waals surface area contributed by atoms with E-state index in [1.807, 2.05) is 48.7 Å². The van der Waals surface area contributed by atoms with Crippen LogP contribution in [-0.4, -0.2) is 0 Å². The predicted octanol–water partition coefficient (Wildman–Crippen LogP) is 8.22. The molecule has 7 heteroatoms. The molecule has 0 heterocycles. The smallest absolute Gasteiger partial charge is 0.172 e. The first-order valence-electron chi connectivity index (χ1n) is 13.3.